The molecule has 0 radical (unpaired) electrons. The minimum atomic E-state index is -0.618. The van der Waals surface area contributed by atoms with Crippen LogP contribution in [0.15, 0.2) is 24.3 Å². The third-order valence-corrected chi connectivity index (χ3v) is 2.29. The number of hydrogen-bond acceptors (Lipinski definition) is 3. The largest absolute Gasteiger partial charge is 0.481 e. The molecule has 4 heteroatoms. The molecule has 1 aromatic carbocycles. The van der Waals surface area contributed by atoms with Crippen LogP contribution in [0.5, 0.6) is 5.75 Å². The van der Waals surface area contributed by atoms with Gasteiger partial charge in [-0.1, -0.05) is 18.2 Å². The minimum absolute atomic E-state index is 0.194. The second-order valence-corrected chi connectivity index (χ2v) is 3.59. The summed E-state index contributed by atoms with van der Waals surface area (Å²) in [7, 11) is 1.56. The van der Waals surface area contributed by atoms with E-state index < -0.39 is 12.2 Å². The van der Waals surface area contributed by atoms with Crippen molar-refractivity contribution in [3.63, 3.8) is 0 Å². The summed E-state index contributed by atoms with van der Waals surface area (Å²) in [5, 5.41) is 12.0. The van der Waals surface area contributed by atoms with E-state index in [1.165, 1.54) is 0 Å². The summed E-state index contributed by atoms with van der Waals surface area (Å²) in [4.78, 5) is 11.3. The average Bonchev–Trinajstić information content (AvgIpc) is 2.28. The summed E-state index contributed by atoms with van der Waals surface area (Å²) in [6.45, 7) is 3.32. The van der Waals surface area contributed by atoms with Crippen LogP contribution in [0.25, 0.3) is 0 Å². The van der Waals surface area contributed by atoms with Gasteiger partial charge >= 0.3 is 0 Å². The molecule has 88 valence electrons. The van der Waals surface area contributed by atoms with Crippen LogP contribution in [0.1, 0.15) is 25.5 Å². The summed E-state index contributed by atoms with van der Waals surface area (Å²) >= 11 is 0. The maximum Gasteiger partial charge on any atom is 0.260 e. The standard InChI is InChI=1S/C12H17NO3/c1-8(14)10-6-4-5-7-11(10)16-9(2)12(15)13-3/h4-9,14H,1-3H3,(H,13,15)/t8-,9?/m0/s1. The Labute approximate surface area is 95.2 Å². The lowest BCUT2D eigenvalue weighted by Crippen LogP contribution is -2.34. The summed E-state index contributed by atoms with van der Waals surface area (Å²) in [5.74, 6) is 0.342. The molecule has 0 heterocycles. The smallest absolute Gasteiger partial charge is 0.260 e. The molecule has 0 aliphatic rings. The van der Waals surface area contributed by atoms with E-state index in [2.05, 4.69) is 5.32 Å². The van der Waals surface area contributed by atoms with E-state index in [0.29, 0.717) is 11.3 Å². The predicted octanol–water partition coefficient (Wildman–Crippen LogP) is 1.25. The van der Waals surface area contributed by atoms with E-state index in [1.54, 1.807) is 39.1 Å². The van der Waals surface area contributed by atoms with Crippen molar-refractivity contribution in [2.24, 2.45) is 0 Å². The number of amides is 1. The quantitative estimate of drug-likeness (QED) is 0.807. The van der Waals surface area contributed by atoms with E-state index in [4.69, 9.17) is 4.74 Å². The Morgan fingerprint density at radius 3 is 2.56 bits per heavy atom. The van der Waals surface area contributed by atoms with Crippen molar-refractivity contribution in [2.45, 2.75) is 26.1 Å². The van der Waals surface area contributed by atoms with Crippen molar-refractivity contribution >= 4 is 5.91 Å². The number of hydrogen-bond donors (Lipinski definition) is 2. The van der Waals surface area contributed by atoms with Gasteiger partial charge in [0, 0.05) is 12.6 Å². The molecule has 1 amide bonds. The molecule has 4 nitrogen and oxygen atoms in total. The molecule has 0 saturated heterocycles. The molecule has 1 unspecified atom stereocenters. The fourth-order valence-corrected chi connectivity index (χ4v) is 1.38. The number of nitrogens with one attached hydrogen (secondary N) is 1. The maximum absolute atomic E-state index is 11.3. The Hall–Kier alpha value is -1.55. The number of ether oxygens (including phenoxy) is 1. The van der Waals surface area contributed by atoms with Gasteiger partial charge in [0.15, 0.2) is 6.10 Å². The molecule has 2 N–H and O–H groups in total. The molecular formula is C12H17NO3. The maximum atomic E-state index is 11.3. The summed E-state index contributed by atoms with van der Waals surface area (Å²) in [6, 6.07) is 7.13. The fourth-order valence-electron chi connectivity index (χ4n) is 1.38. The highest BCUT2D eigenvalue weighted by molar-refractivity contribution is 5.80. The number of para-hydroxylation sites is 1. The first-order valence-corrected chi connectivity index (χ1v) is 5.21. The summed E-state index contributed by atoms with van der Waals surface area (Å²) in [5.41, 5.74) is 0.679. The van der Waals surface area contributed by atoms with E-state index >= 15 is 0 Å². The van der Waals surface area contributed by atoms with Crippen LogP contribution in [-0.2, 0) is 4.79 Å². The highest BCUT2D eigenvalue weighted by atomic mass is 16.5. The minimum Gasteiger partial charge on any atom is -0.481 e. The fraction of sp³-hybridized carbons (Fsp3) is 0.417. The van der Waals surface area contributed by atoms with Crippen LogP contribution in [0.2, 0.25) is 0 Å². The van der Waals surface area contributed by atoms with Crippen LogP contribution in [-0.4, -0.2) is 24.2 Å². The Balaban J connectivity index is 2.84. The molecule has 1 aromatic rings. The second-order valence-electron chi connectivity index (χ2n) is 3.59. The molecule has 0 fully saturated rings. The molecule has 0 aliphatic heterocycles. The molecular weight excluding hydrogens is 206 g/mol. The number of aliphatic hydroxyl groups is 1. The van der Waals surface area contributed by atoms with Crippen LogP contribution < -0.4 is 10.1 Å². The first-order valence-electron chi connectivity index (χ1n) is 5.21. The van der Waals surface area contributed by atoms with Gasteiger partial charge in [0.1, 0.15) is 5.75 Å². The van der Waals surface area contributed by atoms with Crippen LogP contribution in [0.4, 0.5) is 0 Å². The topological polar surface area (TPSA) is 58.6 Å². The SMILES string of the molecule is CNC(=O)C(C)Oc1ccccc1[C@H](C)O. The first-order chi connectivity index (χ1) is 7.56. The Morgan fingerprint density at radius 1 is 1.38 bits per heavy atom. The normalized spacial score (nSPS) is 14.0. The lowest BCUT2D eigenvalue weighted by Gasteiger charge is -2.17. The number of likely N-dealkylation sites (N-methyl/N-ethyl adjacent to an activating group) is 1. The molecule has 16 heavy (non-hydrogen) atoms. The van der Waals surface area contributed by atoms with Gasteiger partial charge in [0.05, 0.1) is 6.10 Å². The van der Waals surface area contributed by atoms with Gasteiger partial charge < -0.3 is 15.2 Å². The van der Waals surface area contributed by atoms with Crippen molar-refractivity contribution in [1.29, 1.82) is 0 Å². The molecule has 2 atom stereocenters. The molecule has 0 spiro atoms. The Bertz CT molecular complexity index is 363. The number of carbonyl (C=O) groups excluding carboxylic acids is 1. The van der Waals surface area contributed by atoms with Crippen LogP contribution >= 0.6 is 0 Å². The lowest BCUT2D eigenvalue weighted by molar-refractivity contribution is -0.126. The zero-order chi connectivity index (χ0) is 12.1. The number of carbonyl (C=O) groups is 1. The van der Waals surface area contributed by atoms with Gasteiger partial charge in [-0.2, -0.15) is 0 Å². The Kier molecular flexibility index (Phi) is 4.31. The van der Waals surface area contributed by atoms with E-state index in [9.17, 15) is 9.90 Å². The van der Waals surface area contributed by atoms with E-state index in [0.717, 1.165) is 0 Å². The van der Waals surface area contributed by atoms with Crippen molar-refractivity contribution in [3.8, 4) is 5.75 Å². The van der Waals surface area contributed by atoms with Crippen LogP contribution in [0.3, 0.4) is 0 Å². The van der Waals surface area contributed by atoms with Gasteiger partial charge in [-0.15, -0.1) is 0 Å². The van der Waals surface area contributed by atoms with Crippen molar-refractivity contribution in [2.75, 3.05) is 7.05 Å². The number of aliphatic hydroxyl groups excluding tert-OH is 1. The zero-order valence-electron chi connectivity index (χ0n) is 9.73. The monoisotopic (exact) mass is 223 g/mol. The zero-order valence-corrected chi connectivity index (χ0v) is 9.73. The van der Waals surface area contributed by atoms with Gasteiger partial charge in [0.25, 0.3) is 5.91 Å². The third-order valence-electron chi connectivity index (χ3n) is 2.29. The molecule has 0 saturated carbocycles. The lowest BCUT2D eigenvalue weighted by atomic mass is 10.1. The molecule has 0 bridgehead atoms. The molecule has 0 aliphatic carbocycles. The van der Waals surface area contributed by atoms with Crippen molar-refractivity contribution in [3.05, 3.63) is 29.8 Å². The highest BCUT2D eigenvalue weighted by Gasteiger charge is 2.15. The van der Waals surface area contributed by atoms with Crippen molar-refractivity contribution in [1.82, 2.24) is 5.32 Å². The van der Waals surface area contributed by atoms with Crippen molar-refractivity contribution < 1.29 is 14.6 Å². The van der Waals surface area contributed by atoms with Gasteiger partial charge in [-0.05, 0) is 19.9 Å². The van der Waals surface area contributed by atoms with Crippen LogP contribution in [0, 0.1) is 0 Å². The molecule has 0 aromatic heterocycles. The van der Waals surface area contributed by atoms with Gasteiger partial charge in [-0.25, -0.2) is 0 Å². The summed E-state index contributed by atoms with van der Waals surface area (Å²) in [6.07, 6.45) is -1.20. The second kappa shape index (κ2) is 5.51. The van der Waals surface area contributed by atoms with Gasteiger partial charge in [-0.3, -0.25) is 4.79 Å². The van der Waals surface area contributed by atoms with E-state index in [1.807, 2.05) is 6.07 Å². The molecule has 1 rings (SSSR count). The van der Waals surface area contributed by atoms with Gasteiger partial charge in [0.2, 0.25) is 0 Å². The van der Waals surface area contributed by atoms with E-state index in [-0.39, 0.29) is 5.91 Å². The predicted molar refractivity (Wildman–Crippen MR) is 61.2 cm³/mol. The number of rotatable bonds is 4. The Morgan fingerprint density at radius 2 is 2.00 bits per heavy atom. The number of benzene rings is 1. The highest BCUT2D eigenvalue weighted by Crippen LogP contribution is 2.25. The third kappa shape index (κ3) is 2.97. The summed E-state index contributed by atoms with van der Waals surface area (Å²) < 4.78 is 5.49. The first kappa shape index (κ1) is 12.5. The average molecular weight is 223 g/mol.